The predicted octanol–water partition coefficient (Wildman–Crippen LogP) is 4.05. The highest BCUT2D eigenvalue weighted by atomic mass is 19.1. The Balaban J connectivity index is 1.77. The molecule has 0 N–H and O–H groups in total. The summed E-state index contributed by atoms with van der Waals surface area (Å²) in [6.07, 6.45) is 5.22. The van der Waals surface area contributed by atoms with Crippen LogP contribution in [0, 0.1) is 5.82 Å². The van der Waals surface area contributed by atoms with Crippen molar-refractivity contribution in [1.29, 1.82) is 0 Å². The number of carbonyl (C=O) groups excluding carboxylic acids is 1. The summed E-state index contributed by atoms with van der Waals surface area (Å²) >= 11 is 0. The molecule has 0 spiro atoms. The van der Waals surface area contributed by atoms with Crippen LogP contribution < -0.4 is 5.56 Å². The van der Waals surface area contributed by atoms with Gasteiger partial charge in [-0.3, -0.25) is 9.59 Å². The number of aromatic nitrogens is 2. The predicted molar refractivity (Wildman–Crippen MR) is 110 cm³/mol. The molecular formula is C23H24FN3O2. The van der Waals surface area contributed by atoms with Gasteiger partial charge in [-0.05, 0) is 36.6 Å². The van der Waals surface area contributed by atoms with Gasteiger partial charge in [0.05, 0.1) is 5.39 Å². The van der Waals surface area contributed by atoms with Crippen LogP contribution in [-0.4, -0.2) is 26.6 Å². The lowest BCUT2D eigenvalue weighted by Gasteiger charge is -2.34. The van der Waals surface area contributed by atoms with Crippen LogP contribution in [0.4, 0.5) is 4.39 Å². The molecule has 150 valence electrons. The molecule has 0 saturated heterocycles. The minimum Gasteiger partial charge on any atom is -0.330 e. The fraction of sp³-hybridized carbons (Fsp3) is 0.348. The fourth-order valence-corrected chi connectivity index (χ4v) is 4.14. The third-order valence-corrected chi connectivity index (χ3v) is 5.70. The van der Waals surface area contributed by atoms with Crippen LogP contribution in [0.2, 0.25) is 0 Å². The number of fused-ring (bicyclic) bond motifs is 1. The zero-order valence-corrected chi connectivity index (χ0v) is 16.5. The number of aryl methyl sites for hydroxylation is 1. The summed E-state index contributed by atoms with van der Waals surface area (Å²) in [6, 6.07) is 13.5. The summed E-state index contributed by atoms with van der Waals surface area (Å²) in [6.45, 7) is 0.391. The normalized spacial score (nSPS) is 14.8. The standard InChI is InChI=1S/C23H24FN3O2/c1-26-22(28)20-10-6-5-9-19(20)21(25-26)23(29)27(18-7-3-2-4-8-18)15-16-11-13-17(24)14-12-16/h5-6,9-14,18H,2-4,7-8,15H2,1H3. The molecule has 0 bridgehead atoms. The Morgan fingerprint density at radius 1 is 1.07 bits per heavy atom. The molecule has 1 amide bonds. The maximum atomic E-state index is 13.7. The van der Waals surface area contributed by atoms with Crippen LogP contribution in [0.5, 0.6) is 0 Å². The summed E-state index contributed by atoms with van der Waals surface area (Å²) in [5.41, 5.74) is 0.940. The van der Waals surface area contributed by atoms with E-state index in [0.717, 1.165) is 31.2 Å². The zero-order chi connectivity index (χ0) is 20.4. The van der Waals surface area contributed by atoms with Gasteiger partial charge in [-0.15, -0.1) is 0 Å². The van der Waals surface area contributed by atoms with Crippen molar-refractivity contribution >= 4 is 16.7 Å². The summed E-state index contributed by atoms with van der Waals surface area (Å²) in [7, 11) is 1.57. The van der Waals surface area contributed by atoms with Crippen molar-refractivity contribution in [3.8, 4) is 0 Å². The summed E-state index contributed by atoms with van der Waals surface area (Å²) in [5, 5.41) is 5.38. The van der Waals surface area contributed by atoms with Crippen molar-refractivity contribution in [3.05, 3.63) is 76.0 Å². The minimum atomic E-state index is -0.296. The Bertz CT molecular complexity index is 1090. The molecule has 5 nitrogen and oxygen atoms in total. The first-order valence-corrected chi connectivity index (χ1v) is 10.1. The van der Waals surface area contributed by atoms with E-state index in [1.165, 1.54) is 23.2 Å². The fourth-order valence-electron chi connectivity index (χ4n) is 4.14. The van der Waals surface area contributed by atoms with Crippen LogP contribution in [0.3, 0.4) is 0 Å². The lowest BCUT2D eigenvalue weighted by Crippen LogP contribution is -2.42. The van der Waals surface area contributed by atoms with E-state index in [9.17, 15) is 14.0 Å². The van der Waals surface area contributed by atoms with Gasteiger partial charge in [-0.2, -0.15) is 5.10 Å². The Morgan fingerprint density at radius 3 is 2.41 bits per heavy atom. The van der Waals surface area contributed by atoms with Crippen molar-refractivity contribution in [2.45, 2.75) is 44.7 Å². The molecule has 1 heterocycles. The largest absolute Gasteiger partial charge is 0.330 e. The van der Waals surface area contributed by atoms with Gasteiger partial charge in [0, 0.05) is 25.0 Å². The van der Waals surface area contributed by atoms with Crippen molar-refractivity contribution in [1.82, 2.24) is 14.7 Å². The third-order valence-electron chi connectivity index (χ3n) is 5.70. The Kier molecular flexibility index (Phi) is 5.43. The average Bonchev–Trinajstić information content (AvgIpc) is 2.76. The van der Waals surface area contributed by atoms with Crippen molar-refractivity contribution < 1.29 is 9.18 Å². The molecule has 1 fully saturated rings. The molecule has 29 heavy (non-hydrogen) atoms. The lowest BCUT2D eigenvalue weighted by molar-refractivity contribution is 0.0608. The lowest BCUT2D eigenvalue weighted by atomic mass is 9.93. The number of nitrogens with zero attached hydrogens (tertiary/aromatic N) is 3. The van der Waals surface area contributed by atoms with Crippen LogP contribution >= 0.6 is 0 Å². The molecule has 1 aliphatic carbocycles. The maximum absolute atomic E-state index is 13.7. The van der Waals surface area contributed by atoms with Crippen LogP contribution in [0.1, 0.15) is 48.2 Å². The van der Waals surface area contributed by atoms with Gasteiger partial charge in [0.2, 0.25) is 0 Å². The smallest absolute Gasteiger partial charge is 0.275 e. The van der Waals surface area contributed by atoms with Gasteiger partial charge in [0.25, 0.3) is 11.5 Å². The molecular weight excluding hydrogens is 369 g/mol. The van der Waals surface area contributed by atoms with Gasteiger partial charge in [-0.1, -0.05) is 49.6 Å². The van der Waals surface area contributed by atoms with E-state index in [0.29, 0.717) is 17.3 Å². The first-order chi connectivity index (χ1) is 14.0. The topological polar surface area (TPSA) is 55.2 Å². The zero-order valence-electron chi connectivity index (χ0n) is 16.5. The molecule has 0 unspecified atom stereocenters. The second kappa shape index (κ2) is 8.15. The first-order valence-electron chi connectivity index (χ1n) is 10.1. The highest BCUT2D eigenvalue weighted by Crippen LogP contribution is 2.27. The molecule has 1 saturated carbocycles. The van der Waals surface area contributed by atoms with Gasteiger partial charge in [0.1, 0.15) is 5.82 Å². The maximum Gasteiger partial charge on any atom is 0.275 e. The second-order valence-electron chi connectivity index (χ2n) is 7.67. The van der Waals surface area contributed by atoms with E-state index in [-0.39, 0.29) is 29.0 Å². The summed E-state index contributed by atoms with van der Waals surface area (Å²) in [5.74, 6) is -0.483. The van der Waals surface area contributed by atoms with E-state index in [2.05, 4.69) is 5.10 Å². The number of hydrogen-bond donors (Lipinski definition) is 0. The molecule has 0 aliphatic heterocycles. The average molecular weight is 393 g/mol. The monoisotopic (exact) mass is 393 g/mol. The van der Waals surface area contributed by atoms with Crippen molar-refractivity contribution in [2.75, 3.05) is 0 Å². The van der Waals surface area contributed by atoms with E-state index in [4.69, 9.17) is 0 Å². The third kappa shape index (κ3) is 3.92. The Labute approximate surface area is 168 Å². The van der Waals surface area contributed by atoms with Gasteiger partial charge < -0.3 is 4.90 Å². The molecule has 0 atom stereocenters. The molecule has 3 aromatic rings. The Morgan fingerprint density at radius 2 is 1.72 bits per heavy atom. The molecule has 0 radical (unpaired) electrons. The highest BCUT2D eigenvalue weighted by Gasteiger charge is 2.29. The van der Waals surface area contributed by atoms with Gasteiger partial charge in [-0.25, -0.2) is 9.07 Å². The summed E-state index contributed by atoms with van der Waals surface area (Å²) in [4.78, 5) is 28.0. The number of hydrogen-bond acceptors (Lipinski definition) is 3. The molecule has 1 aliphatic rings. The minimum absolute atomic E-state index is 0.110. The second-order valence-corrected chi connectivity index (χ2v) is 7.67. The van der Waals surface area contributed by atoms with Crippen molar-refractivity contribution in [3.63, 3.8) is 0 Å². The number of rotatable bonds is 4. The molecule has 6 heteroatoms. The number of carbonyl (C=O) groups is 1. The van der Waals surface area contributed by atoms with Crippen LogP contribution in [0.25, 0.3) is 10.8 Å². The Hall–Kier alpha value is -3.02. The SMILES string of the molecule is Cn1nc(C(=O)N(Cc2ccc(F)cc2)C2CCCCC2)c2ccccc2c1=O. The van der Waals surface area contributed by atoms with Crippen molar-refractivity contribution in [2.24, 2.45) is 7.05 Å². The number of amides is 1. The van der Waals surface area contributed by atoms with Crippen LogP contribution in [-0.2, 0) is 13.6 Å². The van der Waals surface area contributed by atoms with Gasteiger partial charge >= 0.3 is 0 Å². The molecule has 1 aromatic heterocycles. The van der Waals surface area contributed by atoms with E-state index >= 15 is 0 Å². The quantitative estimate of drug-likeness (QED) is 0.672. The first kappa shape index (κ1) is 19.3. The van der Waals surface area contributed by atoms with E-state index < -0.39 is 0 Å². The number of halogens is 1. The van der Waals surface area contributed by atoms with Gasteiger partial charge in [0.15, 0.2) is 5.69 Å². The molecule has 4 rings (SSSR count). The molecule has 2 aromatic carbocycles. The van der Waals surface area contributed by atoms with E-state index in [1.54, 1.807) is 37.4 Å². The van der Waals surface area contributed by atoms with E-state index in [1.807, 2.05) is 11.0 Å². The highest BCUT2D eigenvalue weighted by molar-refractivity contribution is 6.04. The van der Waals surface area contributed by atoms with Crippen LogP contribution in [0.15, 0.2) is 53.3 Å². The number of benzene rings is 2. The summed E-state index contributed by atoms with van der Waals surface area (Å²) < 4.78 is 14.6.